The SMILES string of the molecule is NC1CCCCc2nc(CC(F)(F)F)ncc21. The third-order valence-electron chi connectivity index (χ3n) is 2.89. The average molecular weight is 245 g/mol. The van der Waals surface area contributed by atoms with Gasteiger partial charge in [-0.05, 0) is 19.3 Å². The van der Waals surface area contributed by atoms with Crippen LogP contribution in [0.1, 0.15) is 42.4 Å². The number of hydrogen-bond donors (Lipinski definition) is 1. The molecule has 0 fully saturated rings. The Hall–Kier alpha value is -1.17. The summed E-state index contributed by atoms with van der Waals surface area (Å²) >= 11 is 0. The minimum absolute atomic E-state index is 0.146. The molecular weight excluding hydrogens is 231 g/mol. The lowest BCUT2D eigenvalue weighted by molar-refractivity contribution is -0.128. The highest BCUT2D eigenvalue weighted by Gasteiger charge is 2.30. The molecule has 1 heterocycles. The van der Waals surface area contributed by atoms with Crippen molar-refractivity contribution in [3.8, 4) is 0 Å². The van der Waals surface area contributed by atoms with E-state index in [9.17, 15) is 13.2 Å². The minimum Gasteiger partial charge on any atom is -0.324 e. The molecule has 0 saturated heterocycles. The molecule has 3 nitrogen and oxygen atoms in total. The third kappa shape index (κ3) is 3.15. The summed E-state index contributed by atoms with van der Waals surface area (Å²) in [6, 6.07) is -0.146. The van der Waals surface area contributed by atoms with E-state index in [1.807, 2.05) is 0 Å². The molecule has 2 N–H and O–H groups in total. The van der Waals surface area contributed by atoms with Gasteiger partial charge >= 0.3 is 6.18 Å². The molecule has 1 aromatic rings. The summed E-state index contributed by atoms with van der Waals surface area (Å²) in [6.45, 7) is 0. The molecule has 1 aliphatic rings. The Kier molecular flexibility index (Phi) is 3.33. The smallest absolute Gasteiger partial charge is 0.324 e. The van der Waals surface area contributed by atoms with Crippen molar-refractivity contribution in [3.63, 3.8) is 0 Å². The largest absolute Gasteiger partial charge is 0.396 e. The van der Waals surface area contributed by atoms with Gasteiger partial charge in [-0.25, -0.2) is 9.97 Å². The fourth-order valence-corrected chi connectivity index (χ4v) is 2.05. The third-order valence-corrected chi connectivity index (χ3v) is 2.89. The zero-order valence-electron chi connectivity index (χ0n) is 9.30. The number of alkyl halides is 3. The molecular formula is C11H14F3N3. The number of rotatable bonds is 1. The predicted octanol–water partition coefficient (Wildman–Crippen LogP) is 2.31. The van der Waals surface area contributed by atoms with Crippen LogP contribution in [-0.2, 0) is 12.8 Å². The molecule has 0 aliphatic heterocycles. The van der Waals surface area contributed by atoms with E-state index in [-0.39, 0.29) is 11.9 Å². The van der Waals surface area contributed by atoms with Crippen LogP contribution in [0.25, 0.3) is 0 Å². The number of nitrogens with zero attached hydrogens (tertiary/aromatic N) is 2. The summed E-state index contributed by atoms with van der Waals surface area (Å²) in [7, 11) is 0. The number of hydrogen-bond acceptors (Lipinski definition) is 3. The molecule has 17 heavy (non-hydrogen) atoms. The van der Waals surface area contributed by atoms with E-state index in [4.69, 9.17) is 5.73 Å². The highest BCUT2D eigenvalue weighted by Crippen LogP contribution is 2.26. The Morgan fingerprint density at radius 3 is 2.82 bits per heavy atom. The van der Waals surface area contributed by atoms with Gasteiger partial charge in [0.05, 0.1) is 0 Å². The van der Waals surface area contributed by atoms with E-state index < -0.39 is 12.6 Å². The molecule has 6 heteroatoms. The molecule has 1 unspecified atom stereocenters. The molecule has 1 atom stereocenters. The summed E-state index contributed by atoms with van der Waals surface area (Å²) in [5, 5.41) is 0. The zero-order chi connectivity index (χ0) is 12.5. The van der Waals surface area contributed by atoms with Gasteiger partial charge in [0.15, 0.2) is 0 Å². The van der Waals surface area contributed by atoms with Gasteiger partial charge in [-0.1, -0.05) is 6.42 Å². The van der Waals surface area contributed by atoms with Crippen molar-refractivity contribution in [3.05, 3.63) is 23.3 Å². The quantitative estimate of drug-likeness (QED) is 0.772. The van der Waals surface area contributed by atoms with Gasteiger partial charge in [-0.2, -0.15) is 13.2 Å². The van der Waals surface area contributed by atoms with Gasteiger partial charge < -0.3 is 5.73 Å². The maximum atomic E-state index is 12.2. The van der Waals surface area contributed by atoms with Gasteiger partial charge in [-0.15, -0.1) is 0 Å². The lowest BCUT2D eigenvalue weighted by Gasteiger charge is -2.12. The first-order chi connectivity index (χ1) is 7.96. The number of aryl methyl sites for hydroxylation is 1. The van der Waals surface area contributed by atoms with Crippen LogP contribution in [0.4, 0.5) is 13.2 Å². The van der Waals surface area contributed by atoms with Crippen LogP contribution in [0, 0.1) is 0 Å². The van der Waals surface area contributed by atoms with Gasteiger partial charge in [0.25, 0.3) is 0 Å². The Morgan fingerprint density at radius 2 is 2.12 bits per heavy atom. The van der Waals surface area contributed by atoms with E-state index in [1.165, 1.54) is 6.20 Å². The summed E-state index contributed by atoms with van der Waals surface area (Å²) in [5.74, 6) is -0.162. The molecule has 0 bridgehead atoms. The molecule has 0 saturated carbocycles. The fourth-order valence-electron chi connectivity index (χ4n) is 2.05. The molecule has 2 rings (SSSR count). The normalized spacial score (nSPS) is 20.8. The first kappa shape index (κ1) is 12.3. The Balaban J connectivity index is 2.27. The van der Waals surface area contributed by atoms with Gasteiger partial charge in [-0.3, -0.25) is 0 Å². The van der Waals surface area contributed by atoms with Crippen LogP contribution in [0.15, 0.2) is 6.20 Å². The topological polar surface area (TPSA) is 51.8 Å². The predicted molar refractivity (Wildman–Crippen MR) is 56.3 cm³/mol. The van der Waals surface area contributed by atoms with E-state index in [0.29, 0.717) is 12.1 Å². The molecule has 0 amide bonds. The monoisotopic (exact) mass is 245 g/mol. The van der Waals surface area contributed by atoms with Crippen LogP contribution >= 0.6 is 0 Å². The maximum absolute atomic E-state index is 12.2. The fraction of sp³-hybridized carbons (Fsp3) is 0.636. The zero-order valence-corrected chi connectivity index (χ0v) is 9.30. The van der Waals surface area contributed by atoms with Gasteiger partial charge in [0.1, 0.15) is 12.2 Å². The standard InChI is InChI=1S/C11H14F3N3/c12-11(13,14)5-10-16-6-7-8(15)3-1-2-4-9(7)17-10/h6,8H,1-5,15H2. The first-order valence-corrected chi connectivity index (χ1v) is 5.63. The second-order valence-electron chi connectivity index (χ2n) is 4.33. The highest BCUT2D eigenvalue weighted by molar-refractivity contribution is 5.23. The molecule has 0 aromatic carbocycles. The van der Waals surface area contributed by atoms with Crippen LogP contribution in [-0.4, -0.2) is 16.1 Å². The summed E-state index contributed by atoms with van der Waals surface area (Å²) in [4.78, 5) is 7.76. The molecule has 1 aromatic heterocycles. The van der Waals surface area contributed by atoms with Crippen LogP contribution < -0.4 is 5.73 Å². The van der Waals surface area contributed by atoms with Crippen LogP contribution in [0.3, 0.4) is 0 Å². The first-order valence-electron chi connectivity index (χ1n) is 5.63. The Labute approximate surface area is 97.3 Å². The number of aromatic nitrogens is 2. The minimum atomic E-state index is -4.26. The number of halogens is 3. The van der Waals surface area contributed by atoms with E-state index >= 15 is 0 Å². The van der Waals surface area contributed by atoms with Crippen molar-refractivity contribution in [2.75, 3.05) is 0 Å². The average Bonchev–Trinajstić information content (AvgIpc) is 2.38. The lowest BCUT2D eigenvalue weighted by Crippen LogP contribution is -2.17. The molecule has 1 aliphatic carbocycles. The van der Waals surface area contributed by atoms with E-state index in [2.05, 4.69) is 9.97 Å². The second kappa shape index (κ2) is 4.60. The molecule has 0 radical (unpaired) electrons. The Morgan fingerprint density at radius 1 is 1.35 bits per heavy atom. The van der Waals surface area contributed by atoms with Gasteiger partial charge in [0, 0.05) is 23.5 Å². The Bertz CT molecular complexity index is 403. The van der Waals surface area contributed by atoms with Crippen LogP contribution in [0.2, 0.25) is 0 Å². The number of fused-ring (bicyclic) bond motifs is 1. The van der Waals surface area contributed by atoms with Crippen molar-refractivity contribution in [1.82, 2.24) is 9.97 Å². The van der Waals surface area contributed by atoms with Crippen molar-refractivity contribution in [1.29, 1.82) is 0 Å². The second-order valence-corrected chi connectivity index (χ2v) is 4.33. The van der Waals surface area contributed by atoms with Gasteiger partial charge in [0.2, 0.25) is 0 Å². The molecule has 0 spiro atoms. The van der Waals surface area contributed by atoms with Crippen molar-refractivity contribution < 1.29 is 13.2 Å². The summed E-state index contributed by atoms with van der Waals surface area (Å²) in [6.07, 6.45) is -0.448. The van der Waals surface area contributed by atoms with E-state index in [1.54, 1.807) is 0 Å². The van der Waals surface area contributed by atoms with Crippen molar-refractivity contribution in [2.45, 2.75) is 44.3 Å². The van der Waals surface area contributed by atoms with E-state index in [0.717, 1.165) is 24.8 Å². The van der Waals surface area contributed by atoms with Crippen molar-refractivity contribution >= 4 is 0 Å². The molecule has 94 valence electrons. The number of nitrogens with two attached hydrogens (primary N) is 1. The summed E-state index contributed by atoms with van der Waals surface area (Å²) in [5.41, 5.74) is 7.41. The van der Waals surface area contributed by atoms with Crippen LogP contribution in [0.5, 0.6) is 0 Å². The highest BCUT2D eigenvalue weighted by atomic mass is 19.4. The summed E-state index contributed by atoms with van der Waals surface area (Å²) < 4.78 is 36.7. The lowest BCUT2D eigenvalue weighted by atomic mass is 10.1. The maximum Gasteiger partial charge on any atom is 0.396 e. The van der Waals surface area contributed by atoms with Crippen molar-refractivity contribution in [2.24, 2.45) is 5.73 Å².